The zero-order chi connectivity index (χ0) is 29.7. The van der Waals surface area contributed by atoms with Gasteiger partial charge in [-0.05, 0) is 59.7 Å². The van der Waals surface area contributed by atoms with E-state index in [-0.39, 0.29) is 29.3 Å². The lowest BCUT2D eigenvalue weighted by Gasteiger charge is -2.30. The number of unbranched alkanes of at least 4 members (excludes halogenated alkanes) is 8. The first-order valence-corrected chi connectivity index (χ1v) is 15.8. The fourth-order valence-corrected chi connectivity index (χ4v) is 5.44. The van der Waals surface area contributed by atoms with Crippen molar-refractivity contribution >= 4 is 0 Å². The fourth-order valence-electron chi connectivity index (χ4n) is 5.44. The van der Waals surface area contributed by atoms with Gasteiger partial charge in [-0.2, -0.15) is 4.39 Å². The molecule has 0 aliphatic carbocycles. The van der Waals surface area contributed by atoms with Gasteiger partial charge in [0.1, 0.15) is 5.82 Å². The normalized spacial score (nSPS) is 17.0. The smallest absolute Gasteiger partial charge is 0.201 e. The van der Waals surface area contributed by atoms with Crippen molar-refractivity contribution in [3.63, 3.8) is 0 Å². The van der Waals surface area contributed by atoms with E-state index in [1.54, 1.807) is 36.4 Å². The number of rotatable bonds is 16. The zero-order valence-electron chi connectivity index (χ0n) is 25.1. The molecule has 0 bridgehead atoms. The van der Waals surface area contributed by atoms with E-state index in [2.05, 4.69) is 13.8 Å². The Balaban J connectivity index is 1.32. The highest BCUT2D eigenvalue weighted by molar-refractivity contribution is 5.71. The molecule has 0 spiro atoms. The first kappa shape index (κ1) is 32.1. The van der Waals surface area contributed by atoms with Gasteiger partial charge in [0.05, 0.1) is 19.8 Å². The van der Waals surface area contributed by atoms with E-state index in [1.165, 1.54) is 37.8 Å². The molecule has 0 unspecified atom stereocenters. The third kappa shape index (κ3) is 8.84. The van der Waals surface area contributed by atoms with Crippen LogP contribution in [0.1, 0.15) is 96.0 Å². The lowest BCUT2D eigenvalue weighted by atomic mass is 9.95. The van der Waals surface area contributed by atoms with Gasteiger partial charge in [-0.1, -0.05) is 102 Å². The summed E-state index contributed by atoms with van der Waals surface area (Å²) >= 11 is 0. The Bertz CT molecular complexity index is 1240. The van der Waals surface area contributed by atoms with Crippen molar-refractivity contribution < 1.29 is 27.4 Å². The molecule has 4 rings (SSSR count). The second kappa shape index (κ2) is 16.7. The van der Waals surface area contributed by atoms with Crippen molar-refractivity contribution in [2.45, 2.75) is 96.7 Å². The molecule has 3 nitrogen and oxygen atoms in total. The largest absolute Gasteiger partial charge is 0.490 e. The van der Waals surface area contributed by atoms with Gasteiger partial charge in [-0.25, -0.2) is 8.78 Å². The van der Waals surface area contributed by atoms with Gasteiger partial charge in [0.15, 0.2) is 17.9 Å². The lowest BCUT2D eigenvalue weighted by molar-refractivity contribution is -0.190. The Labute approximate surface area is 249 Å². The number of benzene rings is 3. The van der Waals surface area contributed by atoms with Crippen LogP contribution in [0.5, 0.6) is 5.75 Å². The summed E-state index contributed by atoms with van der Waals surface area (Å²) in [4.78, 5) is 0. The van der Waals surface area contributed by atoms with Crippen LogP contribution >= 0.6 is 0 Å². The summed E-state index contributed by atoms with van der Waals surface area (Å²) in [5, 5.41) is 0. The summed E-state index contributed by atoms with van der Waals surface area (Å²) in [6.45, 7) is 5.60. The van der Waals surface area contributed by atoms with Crippen LogP contribution in [0.25, 0.3) is 22.3 Å². The molecular formula is C36H45F3O3. The number of ether oxygens (including phenoxy) is 3. The average Bonchev–Trinajstić information content (AvgIpc) is 3.01. The van der Waals surface area contributed by atoms with E-state index in [9.17, 15) is 8.78 Å². The lowest BCUT2D eigenvalue weighted by Crippen LogP contribution is -2.31. The molecule has 1 heterocycles. The second-order valence-electron chi connectivity index (χ2n) is 11.3. The monoisotopic (exact) mass is 582 g/mol. The first-order chi connectivity index (χ1) is 20.5. The van der Waals surface area contributed by atoms with E-state index < -0.39 is 11.6 Å². The summed E-state index contributed by atoms with van der Waals surface area (Å²) < 4.78 is 62.1. The highest BCUT2D eigenvalue weighted by Gasteiger charge is 2.25. The summed E-state index contributed by atoms with van der Waals surface area (Å²) in [6.07, 6.45) is 11.9. The molecule has 1 fully saturated rings. The van der Waals surface area contributed by atoms with Gasteiger partial charge in [0.25, 0.3) is 0 Å². The molecule has 228 valence electrons. The summed E-state index contributed by atoms with van der Waals surface area (Å²) in [6, 6.07) is 15.2. The van der Waals surface area contributed by atoms with Crippen molar-refractivity contribution in [2.24, 2.45) is 0 Å². The van der Waals surface area contributed by atoms with Crippen molar-refractivity contribution in [2.75, 3.05) is 19.8 Å². The standard InChI is InChI=1S/C36H45F3O3/c1-3-5-7-8-9-10-12-22-40-33-21-20-31(35(38)36(33)39)27-16-14-26(15-17-27)28-18-19-30(32(37)23-28)29-24-41-34(42-25-29)13-11-6-4-2/h14-21,23,29,34H,3-13,22,24-25H2,1-2H3. The Hall–Kier alpha value is -2.83. The molecule has 42 heavy (non-hydrogen) atoms. The maximum absolute atomic E-state index is 15.1. The molecule has 1 aliphatic heterocycles. The summed E-state index contributed by atoms with van der Waals surface area (Å²) in [5.41, 5.74) is 2.77. The molecule has 0 atom stereocenters. The van der Waals surface area contributed by atoms with Crippen LogP contribution in [-0.2, 0) is 9.47 Å². The van der Waals surface area contributed by atoms with E-state index >= 15 is 4.39 Å². The Kier molecular flexibility index (Phi) is 12.8. The minimum atomic E-state index is -0.972. The van der Waals surface area contributed by atoms with E-state index in [4.69, 9.17) is 14.2 Å². The van der Waals surface area contributed by atoms with E-state index in [0.717, 1.165) is 50.5 Å². The van der Waals surface area contributed by atoms with Crippen LogP contribution < -0.4 is 4.74 Å². The maximum atomic E-state index is 15.1. The molecule has 1 aliphatic rings. The fraction of sp³-hybridized carbons (Fsp3) is 0.500. The van der Waals surface area contributed by atoms with Crippen LogP contribution in [0, 0.1) is 17.5 Å². The zero-order valence-corrected chi connectivity index (χ0v) is 25.1. The highest BCUT2D eigenvalue weighted by atomic mass is 19.2. The van der Waals surface area contributed by atoms with Crippen molar-refractivity contribution in [1.29, 1.82) is 0 Å². The highest BCUT2D eigenvalue weighted by Crippen LogP contribution is 2.33. The molecule has 0 amide bonds. The predicted octanol–water partition coefficient (Wildman–Crippen LogP) is 10.6. The van der Waals surface area contributed by atoms with Crippen LogP contribution in [0.4, 0.5) is 13.2 Å². The Morgan fingerprint density at radius 1 is 0.667 bits per heavy atom. The topological polar surface area (TPSA) is 27.7 Å². The molecule has 3 aromatic rings. The number of halogens is 3. The SMILES string of the molecule is CCCCCCCCCOc1ccc(-c2ccc(-c3ccc(C4COC(CCCCC)OC4)c(F)c3)cc2)c(F)c1F. The minimum Gasteiger partial charge on any atom is -0.490 e. The molecule has 0 saturated carbocycles. The van der Waals surface area contributed by atoms with Crippen molar-refractivity contribution in [3.05, 3.63) is 77.6 Å². The molecular weight excluding hydrogens is 537 g/mol. The van der Waals surface area contributed by atoms with Gasteiger partial charge in [0, 0.05) is 11.5 Å². The third-order valence-electron chi connectivity index (χ3n) is 8.03. The van der Waals surface area contributed by atoms with Gasteiger partial charge in [0.2, 0.25) is 5.82 Å². The Morgan fingerprint density at radius 3 is 1.98 bits per heavy atom. The van der Waals surface area contributed by atoms with Crippen molar-refractivity contribution in [3.8, 4) is 28.0 Å². The van der Waals surface area contributed by atoms with Crippen LogP contribution in [0.3, 0.4) is 0 Å². The van der Waals surface area contributed by atoms with E-state index in [0.29, 0.717) is 36.5 Å². The van der Waals surface area contributed by atoms with Crippen LogP contribution in [0.15, 0.2) is 54.6 Å². The molecule has 3 aromatic carbocycles. The second-order valence-corrected chi connectivity index (χ2v) is 11.3. The molecule has 0 radical (unpaired) electrons. The Morgan fingerprint density at radius 2 is 1.29 bits per heavy atom. The first-order valence-electron chi connectivity index (χ1n) is 15.8. The third-order valence-corrected chi connectivity index (χ3v) is 8.03. The van der Waals surface area contributed by atoms with Gasteiger partial charge in [-0.15, -0.1) is 0 Å². The molecule has 0 aromatic heterocycles. The minimum absolute atomic E-state index is 0.0600. The van der Waals surface area contributed by atoms with Crippen LogP contribution in [-0.4, -0.2) is 26.1 Å². The van der Waals surface area contributed by atoms with Gasteiger partial charge >= 0.3 is 0 Å². The van der Waals surface area contributed by atoms with E-state index in [1.807, 2.05) is 6.07 Å². The average molecular weight is 583 g/mol. The van der Waals surface area contributed by atoms with Crippen molar-refractivity contribution in [1.82, 2.24) is 0 Å². The molecule has 6 heteroatoms. The van der Waals surface area contributed by atoms with Crippen LogP contribution in [0.2, 0.25) is 0 Å². The molecule has 1 saturated heterocycles. The van der Waals surface area contributed by atoms with Gasteiger partial charge < -0.3 is 14.2 Å². The predicted molar refractivity (Wildman–Crippen MR) is 163 cm³/mol. The maximum Gasteiger partial charge on any atom is 0.201 e. The summed E-state index contributed by atoms with van der Waals surface area (Å²) in [5.74, 6) is -2.42. The summed E-state index contributed by atoms with van der Waals surface area (Å²) in [7, 11) is 0. The quantitative estimate of drug-likeness (QED) is 0.157. The van der Waals surface area contributed by atoms with Gasteiger partial charge in [-0.3, -0.25) is 0 Å². The number of hydrogen-bond donors (Lipinski definition) is 0. The molecule has 0 N–H and O–H groups in total. The number of hydrogen-bond acceptors (Lipinski definition) is 3.